The summed E-state index contributed by atoms with van der Waals surface area (Å²) in [6, 6.07) is 0. The van der Waals surface area contributed by atoms with E-state index in [0.29, 0.717) is 11.5 Å². The van der Waals surface area contributed by atoms with Crippen LogP contribution in [0.5, 0.6) is 0 Å². The number of aromatic nitrogens is 2. The molecule has 1 rings (SSSR count). The first-order valence-electron chi connectivity index (χ1n) is 6.46. The molecule has 1 aromatic heterocycles. The molecule has 0 aromatic carbocycles. The number of hydrogen-bond donors (Lipinski definition) is 2. The number of nitrogens with zero attached hydrogens (tertiary/aromatic N) is 2. The van der Waals surface area contributed by atoms with E-state index < -0.39 is 0 Å². The molecule has 0 saturated carbocycles. The number of anilines is 2. The van der Waals surface area contributed by atoms with Gasteiger partial charge in [0.15, 0.2) is 5.82 Å². The smallest absolute Gasteiger partial charge is 0.224 e. The van der Waals surface area contributed by atoms with Crippen molar-refractivity contribution in [2.45, 2.75) is 46.5 Å². The zero-order chi connectivity index (χ0) is 13.6. The fourth-order valence-electron chi connectivity index (χ4n) is 1.78. The third-order valence-electron chi connectivity index (χ3n) is 2.98. The standard InChI is InChI=1S/C13H23ClN4/c1-4-5-6-7-13(2,3)9-17-11-10(15)8-16-12(14)18-11/h8H,4-7,9,15H2,1-3H3,(H,16,17,18). The zero-order valence-corrected chi connectivity index (χ0v) is 12.2. The van der Waals surface area contributed by atoms with E-state index in [0.717, 1.165) is 6.54 Å². The average Bonchev–Trinajstić information content (AvgIpc) is 2.31. The van der Waals surface area contributed by atoms with Crippen molar-refractivity contribution in [3.05, 3.63) is 11.5 Å². The third kappa shape index (κ3) is 5.08. The Bertz CT molecular complexity index is 379. The molecule has 0 spiro atoms. The molecule has 102 valence electrons. The van der Waals surface area contributed by atoms with Gasteiger partial charge in [-0.25, -0.2) is 4.98 Å². The normalized spacial score (nSPS) is 11.6. The summed E-state index contributed by atoms with van der Waals surface area (Å²) in [7, 11) is 0. The summed E-state index contributed by atoms with van der Waals surface area (Å²) < 4.78 is 0. The Kier molecular flexibility index (Phi) is 5.66. The minimum Gasteiger partial charge on any atom is -0.394 e. The summed E-state index contributed by atoms with van der Waals surface area (Å²) in [6.45, 7) is 7.53. The molecule has 0 amide bonds. The van der Waals surface area contributed by atoms with Crippen molar-refractivity contribution >= 4 is 23.1 Å². The minimum absolute atomic E-state index is 0.218. The van der Waals surface area contributed by atoms with Crippen molar-refractivity contribution in [2.24, 2.45) is 5.41 Å². The lowest BCUT2D eigenvalue weighted by Crippen LogP contribution is -2.24. The number of hydrogen-bond acceptors (Lipinski definition) is 4. The number of unbranched alkanes of at least 4 members (excludes halogenated alkanes) is 2. The molecular weight excluding hydrogens is 248 g/mol. The molecule has 4 nitrogen and oxygen atoms in total. The quantitative estimate of drug-likeness (QED) is 0.585. The number of nitrogen functional groups attached to an aromatic ring is 1. The van der Waals surface area contributed by atoms with Crippen molar-refractivity contribution in [2.75, 3.05) is 17.6 Å². The largest absolute Gasteiger partial charge is 0.394 e. The molecule has 0 saturated heterocycles. The second-order valence-corrected chi connectivity index (χ2v) is 5.76. The molecule has 1 aromatic rings. The van der Waals surface area contributed by atoms with Gasteiger partial charge in [-0.1, -0.05) is 40.0 Å². The van der Waals surface area contributed by atoms with Crippen molar-refractivity contribution in [1.29, 1.82) is 0 Å². The van der Waals surface area contributed by atoms with Crippen LogP contribution in [0.4, 0.5) is 11.5 Å². The minimum atomic E-state index is 0.218. The topological polar surface area (TPSA) is 63.8 Å². The molecule has 0 aliphatic carbocycles. The number of nitrogens with one attached hydrogen (secondary N) is 1. The Hall–Kier alpha value is -1.03. The second kappa shape index (κ2) is 6.78. The molecule has 3 N–H and O–H groups in total. The van der Waals surface area contributed by atoms with Crippen LogP contribution in [0.25, 0.3) is 0 Å². The van der Waals surface area contributed by atoms with Crippen molar-refractivity contribution in [1.82, 2.24) is 9.97 Å². The van der Waals surface area contributed by atoms with Gasteiger partial charge in [-0.05, 0) is 23.4 Å². The number of rotatable bonds is 7. The first-order valence-corrected chi connectivity index (χ1v) is 6.84. The van der Waals surface area contributed by atoms with Gasteiger partial charge >= 0.3 is 0 Å². The molecule has 0 radical (unpaired) electrons. The van der Waals surface area contributed by atoms with E-state index in [-0.39, 0.29) is 10.7 Å². The lowest BCUT2D eigenvalue weighted by Gasteiger charge is -2.25. The molecule has 0 atom stereocenters. The van der Waals surface area contributed by atoms with E-state index in [9.17, 15) is 0 Å². The fraction of sp³-hybridized carbons (Fsp3) is 0.692. The zero-order valence-electron chi connectivity index (χ0n) is 11.5. The first kappa shape index (κ1) is 15.0. The SMILES string of the molecule is CCCCCC(C)(C)CNc1nc(Cl)ncc1N. The van der Waals surface area contributed by atoms with E-state index in [2.05, 4.69) is 36.1 Å². The van der Waals surface area contributed by atoms with E-state index in [1.807, 2.05) is 0 Å². The van der Waals surface area contributed by atoms with Crippen molar-refractivity contribution in [3.63, 3.8) is 0 Å². The van der Waals surface area contributed by atoms with Crippen LogP contribution in [0.2, 0.25) is 5.28 Å². The van der Waals surface area contributed by atoms with Crippen LogP contribution < -0.4 is 11.1 Å². The highest BCUT2D eigenvalue weighted by Crippen LogP contribution is 2.25. The van der Waals surface area contributed by atoms with E-state index >= 15 is 0 Å². The Morgan fingerprint density at radius 2 is 2.11 bits per heavy atom. The third-order valence-corrected chi connectivity index (χ3v) is 3.16. The molecule has 0 bridgehead atoms. The lowest BCUT2D eigenvalue weighted by atomic mass is 9.87. The summed E-state index contributed by atoms with van der Waals surface area (Å²) in [5.41, 5.74) is 6.55. The van der Waals surface area contributed by atoms with Gasteiger partial charge in [-0.3, -0.25) is 0 Å². The highest BCUT2D eigenvalue weighted by molar-refractivity contribution is 6.28. The van der Waals surface area contributed by atoms with Gasteiger partial charge < -0.3 is 11.1 Å². The molecule has 18 heavy (non-hydrogen) atoms. The van der Waals surface area contributed by atoms with E-state index in [1.54, 1.807) is 0 Å². The number of halogens is 1. The summed E-state index contributed by atoms with van der Waals surface area (Å²) in [5.74, 6) is 0.624. The van der Waals surface area contributed by atoms with Gasteiger partial charge in [0.1, 0.15) is 0 Å². The van der Waals surface area contributed by atoms with Gasteiger partial charge in [-0.15, -0.1) is 0 Å². The van der Waals surface area contributed by atoms with Gasteiger partial charge in [0, 0.05) is 6.54 Å². The van der Waals surface area contributed by atoms with Gasteiger partial charge in [0.2, 0.25) is 5.28 Å². The van der Waals surface area contributed by atoms with Gasteiger partial charge in [-0.2, -0.15) is 4.98 Å². The van der Waals surface area contributed by atoms with E-state index in [4.69, 9.17) is 17.3 Å². The Morgan fingerprint density at radius 3 is 2.78 bits per heavy atom. The molecule has 5 heteroatoms. The summed E-state index contributed by atoms with van der Waals surface area (Å²) in [6.07, 6.45) is 6.50. The molecule has 0 fully saturated rings. The Labute approximate surface area is 114 Å². The van der Waals surface area contributed by atoms with Crippen LogP contribution in [-0.4, -0.2) is 16.5 Å². The maximum Gasteiger partial charge on any atom is 0.224 e. The monoisotopic (exact) mass is 270 g/mol. The number of nitrogens with two attached hydrogens (primary N) is 1. The van der Waals surface area contributed by atoms with Crippen LogP contribution in [-0.2, 0) is 0 Å². The van der Waals surface area contributed by atoms with Crippen LogP contribution in [0.3, 0.4) is 0 Å². The van der Waals surface area contributed by atoms with Crippen LogP contribution in [0, 0.1) is 5.41 Å². The van der Waals surface area contributed by atoms with Crippen LogP contribution >= 0.6 is 11.6 Å². The van der Waals surface area contributed by atoms with Gasteiger partial charge in [0.05, 0.1) is 11.9 Å². The second-order valence-electron chi connectivity index (χ2n) is 5.42. The lowest BCUT2D eigenvalue weighted by molar-refractivity contribution is 0.342. The van der Waals surface area contributed by atoms with Crippen LogP contribution in [0.15, 0.2) is 6.20 Å². The molecule has 0 unspecified atom stereocenters. The van der Waals surface area contributed by atoms with Gasteiger partial charge in [0.25, 0.3) is 0 Å². The molecule has 1 heterocycles. The average molecular weight is 271 g/mol. The summed E-state index contributed by atoms with van der Waals surface area (Å²) in [4.78, 5) is 7.92. The highest BCUT2D eigenvalue weighted by Gasteiger charge is 2.17. The molecule has 0 aliphatic rings. The van der Waals surface area contributed by atoms with Crippen molar-refractivity contribution < 1.29 is 0 Å². The molecule has 0 aliphatic heterocycles. The highest BCUT2D eigenvalue weighted by atomic mass is 35.5. The molecular formula is C13H23ClN4. The maximum absolute atomic E-state index is 5.79. The maximum atomic E-state index is 5.79. The van der Waals surface area contributed by atoms with E-state index in [1.165, 1.54) is 31.9 Å². The predicted molar refractivity (Wildman–Crippen MR) is 77.9 cm³/mol. The fourth-order valence-corrected chi connectivity index (χ4v) is 1.91. The first-order chi connectivity index (χ1) is 8.44. The summed E-state index contributed by atoms with van der Waals surface area (Å²) >= 11 is 5.75. The predicted octanol–water partition coefficient (Wildman–Crippen LogP) is 3.73. The summed E-state index contributed by atoms with van der Waals surface area (Å²) in [5, 5.41) is 3.48. The Balaban J connectivity index is 2.50. The van der Waals surface area contributed by atoms with Crippen LogP contribution in [0.1, 0.15) is 46.5 Å². The Morgan fingerprint density at radius 1 is 1.39 bits per heavy atom. The van der Waals surface area contributed by atoms with Crippen molar-refractivity contribution in [3.8, 4) is 0 Å².